The van der Waals surface area contributed by atoms with E-state index in [1.54, 1.807) is 18.5 Å². The molecule has 8 nitrogen and oxygen atoms in total. The van der Waals surface area contributed by atoms with Crippen molar-refractivity contribution in [1.29, 1.82) is 0 Å². The first-order chi connectivity index (χ1) is 17.8. The zero-order chi connectivity index (χ0) is 25.6. The lowest BCUT2D eigenvalue weighted by Crippen LogP contribution is -2.53. The largest absolute Gasteiger partial charge is 0.353 e. The third-order valence-corrected chi connectivity index (χ3v) is 8.11. The van der Waals surface area contributed by atoms with Gasteiger partial charge in [-0.25, -0.2) is 22.8 Å². The van der Waals surface area contributed by atoms with Crippen LogP contribution in [0.4, 0.5) is 10.2 Å². The molecule has 0 bridgehead atoms. The maximum absolute atomic E-state index is 13.9. The van der Waals surface area contributed by atoms with Crippen LogP contribution < -0.4 is 10.2 Å². The molecule has 1 aliphatic heterocycles. The van der Waals surface area contributed by atoms with E-state index in [9.17, 15) is 12.8 Å². The van der Waals surface area contributed by atoms with Gasteiger partial charge in [-0.15, -0.1) is 0 Å². The molecule has 2 aliphatic carbocycles. The Morgan fingerprint density at radius 3 is 2.86 bits per heavy atom. The summed E-state index contributed by atoms with van der Waals surface area (Å²) in [4.78, 5) is 21.1. The molecule has 0 aromatic carbocycles. The van der Waals surface area contributed by atoms with Gasteiger partial charge in [0.1, 0.15) is 21.5 Å². The van der Waals surface area contributed by atoms with Gasteiger partial charge in [-0.05, 0) is 67.0 Å². The molecule has 37 heavy (non-hydrogen) atoms. The van der Waals surface area contributed by atoms with Crippen LogP contribution in [0.1, 0.15) is 42.9 Å². The second-order valence-electron chi connectivity index (χ2n) is 10.2. The number of fused-ring (bicyclic) bond motifs is 1. The van der Waals surface area contributed by atoms with Crippen molar-refractivity contribution in [2.75, 3.05) is 36.5 Å². The average Bonchev–Trinajstić information content (AvgIpc) is 3.72. The summed E-state index contributed by atoms with van der Waals surface area (Å²) >= 11 is 0. The van der Waals surface area contributed by atoms with E-state index in [1.165, 1.54) is 12.3 Å². The number of hydrogen-bond donors (Lipinski definition) is 1. The highest BCUT2D eigenvalue weighted by molar-refractivity contribution is 7.90. The molecule has 4 heterocycles. The quantitative estimate of drug-likeness (QED) is 0.524. The van der Waals surface area contributed by atoms with Gasteiger partial charge in [0.25, 0.3) is 0 Å². The predicted molar refractivity (Wildman–Crippen MR) is 143 cm³/mol. The minimum absolute atomic E-state index is 0.0737. The van der Waals surface area contributed by atoms with Gasteiger partial charge in [0.2, 0.25) is 0 Å². The van der Waals surface area contributed by atoms with Crippen molar-refractivity contribution in [3.63, 3.8) is 0 Å². The van der Waals surface area contributed by atoms with Gasteiger partial charge in [0.05, 0.1) is 23.2 Å². The fraction of sp³-hybridized carbons (Fsp3) is 0.407. The van der Waals surface area contributed by atoms with E-state index in [0.717, 1.165) is 52.7 Å². The van der Waals surface area contributed by atoms with E-state index in [-0.39, 0.29) is 17.6 Å². The van der Waals surface area contributed by atoms with Crippen LogP contribution in [0.2, 0.25) is 0 Å². The summed E-state index contributed by atoms with van der Waals surface area (Å²) in [5.74, 6) is 1.65. The third kappa shape index (κ3) is 5.26. The van der Waals surface area contributed by atoms with E-state index in [4.69, 9.17) is 9.97 Å². The Kier molecular flexibility index (Phi) is 6.24. The van der Waals surface area contributed by atoms with Crippen LogP contribution in [-0.2, 0) is 9.84 Å². The Bertz CT molecular complexity index is 1530. The van der Waals surface area contributed by atoms with Crippen LogP contribution in [-0.4, -0.2) is 66.0 Å². The number of sulfone groups is 1. The van der Waals surface area contributed by atoms with Crippen LogP contribution in [0.3, 0.4) is 0 Å². The van der Waals surface area contributed by atoms with E-state index < -0.39 is 9.84 Å². The lowest BCUT2D eigenvalue weighted by molar-refractivity contribution is 0.479. The minimum Gasteiger partial charge on any atom is -0.353 e. The number of pyridine rings is 2. The molecule has 3 aliphatic rings. The van der Waals surface area contributed by atoms with Gasteiger partial charge in [-0.1, -0.05) is 0 Å². The first kappa shape index (κ1) is 24.1. The van der Waals surface area contributed by atoms with E-state index in [2.05, 4.69) is 20.2 Å². The third-order valence-electron chi connectivity index (χ3n) is 7.11. The Morgan fingerprint density at radius 1 is 1.22 bits per heavy atom. The molecule has 10 heteroatoms. The average molecular weight is 521 g/mol. The van der Waals surface area contributed by atoms with Crippen LogP contribution in [0.5, 0.6) is 0 Å². The van der Waals surface area contributed by atoms with Gasteiger partial charge in [-0.2, -0.15) is 0 Å². The van der Waals surface area contributed by atoms with E-state index >= 15 is 0 Å². The summed E-state index contributed by atoms with van der Waals surface area (Å²) in [6.07, 6.45) is 13.4. The van der Waals surface area contributed by atoms with Gasteiger partial charge in [-0.3, -0.25) is 9.97 Å². The highest BCUT2D eigenvalue weighted by Crippen LogP contribution is 2.45. The van der Waals surface area contributed by atoms with Crippen LogP contribution in [0, 0.1) is 0 Å². The number of rotatable bonds is 6. The summed E-state index contributed by atoms with van der Waals surface area (Å²) in [7, 11) is -3.13. The molecule has 0 spiro atoms. The molecule has 0 amide bonds. The SMILES string of the molecule is CS(=O)(=O)C[C@H]1CN(c2nc(-c3ccnc(C4=CC(F)=CCC4)c3)nc3cncc(C4CC4)c23)CCN1. The maximum atomic E-state index is 13.9. The molecule has 3 aromatic rings. The van der Waals surface area contributed by atoms with Crippen molar-refractivity contribution in [2.24, 2.45) is 0 Å². The molecule has 192 valence electrons. The fourth-order valence-corrected chi connectivity index (χ4v) is 6.21. The van der Waals surface area contributed by atoms with Crippen LogP contribution in [0.25, 0.3) is 27.9 Å². The zero-order valence-corrected chi connectivity index (χ0v) is 21.5. The van der Waals surface area contributed by atoms with E-state index in [0.29, 0.717) is 43.5 Å². The topological polar surface area (TPSA) is 101 Å². The van der Waals surface area contributed by atoms with Crippen LogP contribution in [0.15, 0.2) is 48.7 Å². The first-order valence-electron chi connectivity index (χ1n) is 12.7. The smallest absolute Gasteiger partial charge is 0.162 e. The Morgan fingerprint density at radius 2 is 2.08 bits per heavy atom. The number of allylic oxidation sites excluding steroid dienone is 4. The van der Waals surface area contributed by atoms with Gasteiger partial charge in [0.15, 0.2) is 5.82 Å². The zero-order valence-electron chi connectivity index (χ0n) is 20.7. The van der Waals surface area contributed by atoms with Crippen molar-refractivity contribution in [2.45, 2.75) is 37.6 Å². The van der Waals surface area contributed by atoms with Crippen molar-refractivity contribution in [3.8, 4) is 11.4 Å². The molecular formula is C27H29FN6O2S. The monoisotopic (exact) mass is 520 g/mol. The summed E-state index contributed by atoms with van der Waals surface area (Å²) in [6.45, 7) is 1.90. The number of aromatic nitrogens is 4. The van der Waals surface area contributed by atoms with Crippen LogP contribution >= 0.6 is 0 Å². The molecule has 6 rings (SSSR count). The maximum Gasteiger partial charge on any atom is 0.162 e. The van der Waals surface area contributed by atoms with Crippen molar-refractivity contribution < 1.29 is 12.8 Å². The van der Waals surface area contributed by atoms with Gasteiger partial charge in [0, 0.05) is 55.3 Å². The highest BCUT2D eigenvalue weighted by Gasteiger charge is 2.31. The fourth-order valence-electron chi connectivity index (χ4n) is 5.26. The van der Waals surface area contributed by atoms with Crippen molar-refractivity contribution in [1.82, 2.24) is 25.3 Å². The molecular weight excluding hydrogens is 491 g/mol. The molecule has 2 fully saturated rings. The lowest BCUT2D eigenvalue weighted by Gasteiger charge is -2.35. The minimum atomic E-state index is -3.13. The van der Waals surface area contributed by atoms with Crippen molar-refractivity contribution in [3.05, 3.63) is 60.0 Å². The number of anilines is 1. The van der Waals surface area contributed by atoms with Crippen molar-refractivity contribution >= 4 is 32.1 Å². The molecule has 1 atom stereocenters. The summed E-state index contributed by atoms with van der Waals surface area (Å²) in [5, 5.41) is 4.34. The molecule has 1 saturated carbocycles. The molecule has 1 N–H and O–H groups in total. The number of halogens is 1. The van der Waals surface area contributed by atoms with E-state index in [1.807, 2.05) is 18.3 Å². The van der Waals surface area contributed by atoms with Gasteiger partial charge >= 0.3 is 0 Å². The summed E-state index contributed by atoms with van der Waals surface area (Å²) in [6, 6.07) is 3.60. The highest BCUT2D eigenvalue weighted by atomic mass is 32.2. The number of piperazine rings is 1. The number of nitrogens with one attached hydrogen (secondary N) is 1. The molecule has 0 radical (unpaired) electrons. The Hall–Kier alpha value is -3.24. The summed E-state index contributed by atoms with van der Waals surface area (Å²) < 4.78 is 37.9. The number of hydrogen-bond acceptors (Lipinski definition) is 8. The first-order valence-corrected chi connectivity index (χ1v) is 14.7. The molecule has 3 aromatic heterocycles. The number of nitrogens with zero attached hydrogens (tertiary/aromatic N) is 5. The van der Waals surface area contributed by atoms with Gasteiger partial charge < -0.3 is 10.2 Å². The Labute approximate surface area is 215 Å². The lowest BCUT2D eigenvalue weighted by atomic mass is 10.00. The second kappa shape index (κ2) is 9.57. The second-order valence-corrected chi connectivity index (χ2v) is 12.4. The summed E-state index contributed by atoms with van der Waals surface area (Å²) in [5.41, 5.74) is 4.29. The molecule has 1 saturated heterocycles. The normalized spacial score (nSPS) is 20.6. The predicted octanol–water partition coefficient (Wildman–Crippen LogP) is 3.82. The standard InChI is InChI=1S/C27H29FN6O2S/c1-37(35,36)16-21-15-34(10-9-30-21)27-25-22(17-5-6-17)13-29-14-24(25)32-26(33-27)19-7-8-31-23(12-19)18-3-2-4-20(28)11-18/h4,7-8,11-14,17,21,30H,2-3,5-6,9-10,15-16H2,1H3/t21-/m1/s1. The Balaban J connectivity index is 1.45. The molecule has 0 unspecified atom stereocenters.